The van der Waals surface area contributed by atoms with Crippen LogP contribution < -0.4 is 5.32 Å². The lowest BCUT2D eigenvalue weighted by atomic mass is 9.93. The largest absolute Gasteiger partial charge is 0.381 e. The standard InChI is InChI=1S/C14H25NO2S/c1-2-18-13-7-3-6-12(9-13)15-14(16)11-5-4-8-17-10-11/h11-13H,2-10H2,1H3,(H,15,16). The number of hydrogen-bond donors (Lipinski definition) is 1. The molecule has 3 unspecified atom stereocenters. The average Bonchev–Trinajstić information content (AvgIpc) is 2.40. The van der Waals surface area contributed by atoms with Crippen LogP contribution >= 0.6 is 11.8 Å². The Morgan fingerprint density at radius 2 is 2.22 bits per heavy atom. The summed E-state index contributed by atoms with van der Waals surface area (Å²) in [6.45, 7) is 3.65. The smallest absolute Gasteiger partial charge is 0.225 e. The van der Waals surface area contributed by atoms with Crippen molar-refractivity contribution >= 4 is 17.7 Å². The second kappa shape index (κ2) is 7.39. The SMILES string of the molecule is CCSC1CCCC(NC(=O)C2CCCOC2)C1. The van der Waals surface area contributed by atoms with Crippen LogP contribution in [-0.4, -0.2) is 36.2 Å². The fourth-order valence-corrected chi connectivity index (χ4v) is 4.10. The Bertz CT molecular complexity index is 265. The molecule has 3 nitrogen and oxygen atoms in total. The number of thioether (sulfide) groups is 1. The number of rotatable bonds is 4. The molecule has 1 heterocycles. The highest BCUT2D eigenvalue weighted by Crippen LogP contribution is 2.28. The first kappa shape index (κ1) is 14.2. The second-order valence-corrected chi connectivity index (χ2v) is 6.94. The molecule has 2 rings (SSSR count). The molecule has 18 heavy (non-hydrogen) atoms. The van der Waals surface area contributed by atoms with Crippen molar-refractivity contribution in [1.29, 1.82) is 0 Å². The summed E-state index contributed by atoms with van der Waals surface area (Å²) in [4.78, 5) is 12.1. The molecule has 0 radical (unpaired) electrons. The van der Waals surface area contributed by atoms with E-state index in [4.69, 9.17) is 4.74 Å². The lowest BCUT2D eigenvalue weighted by molar-refractivity contribution is -0.129. The van der Waals surface area contributed by atoms with E-state index in [1.54, 1.807) is 0 Å². The Kier molecular flexibility index (Phi) is 5.83. The predicted molar refractivity (Wildman–Crippen MR) is 75.9 cm³/mol. The Balaban J connectivity index is 1.75. The van der Waals surface area contributed by atoms with Gasteiger partial charge < -0.3 is 10.1 Å². The van der Waals surface area contributed by atoms with Gasteiger partial charge in [-0.3, -0.25) is 4.79 Å². The maximum Gasteiger partial charge on any atom is 0.225 e. The maximum absolute atomic E-state index is 12.1. The average molecular weight is 271 g/mol. The fraction of sp³-hybridized carbons (Fsp3) is 0.929. The van der Waals surface area contributed by atoms with E-state index >= 15 is 0 Å². The molecule has 1 amide bonds. The van der Waals surface area contributed by atoms with E-state index in [9.17, 15) is 4.79 Å². The molecule has 0 bridgehead atoms. The molecule has 0 spiro atoms. The monoisotopic (exact) mass is 271 g/mol. The zero-order valence-corrected chi connectivity index (χ0v) is 12.1. The molecule has 1 aliphatic heterocycles. The van der Waals surface area contributed by atoms with Crippen LogP contribution in [0.1, 0.15) is 45.4 Å². The molecular formula is C14H25NO2S. The second-order valence-electron chi connectivity index (χ2n) is 5.36. The molecule has 2 aliphatic rings. The van der Waals surface area contributed by atoms with E-state index in [0.717, 1.165) is 37.5 Å². The van der Waals surface area contributed by atoms with Gasteiger partial charge in [-0.15, -0.1) is 0 Å². The van der Waals surface area contributed by atoms with Gasteiger partial charge in [0.25, 0.3) is 0 Å². The summed E-state index contributed by atoms with van der Waals surface area (Å²) in [5, 5.41) is 3.99. The summed E-state index contributed by atoms with van der Waals surface area (Å²) in [7, 11) is 0. The highest BCUT2D eigenvalue weighted by atomic mass is 32.2. The van der Waals surface area contributed by atoms with Crippen LogP contribution in [0.2, 0.25) is 0 Å². The maximum atomic E-state index is 12.1. The van der Waals surface area contributed by atoms with Gasteiger partial charge in [0.1, 0.15) is 0 Å². The minimum absolute atomic E-state index is 0.0953. The molecule has 0 aromatic carbocycles. The predicted octanol–water partition coefficient (Wildman–Crippen LogP) is 2.59. The molecule has 104 valence electrons. The van der Waals surface area contributed by atoms with E-state index in [2.05, 4.69) is 12.2 Å². The molecule has 1 saturated carbocycles. The van der Waals surface area contributed by atoms with Gasteiger partial charge in [0.2, 0.25) is 5.91 Å². The van der Waals surface area contributed by atoms with Gasteiger partial charge in [0, 0.05) is 17.9 Å². The summed E-state index contributed by atoms with van der Waals surface area (Å²) in [6.07, 6.45) is 6.89. The van der Waals surface area contributed by atoms with Crippen molar-refractivity contribution in [3.63, 3.8) is 0 Å². The first-order valence-corrected chi connectivity index (χ1v) is 8.34. The van der Waals surface area contributed by atoms with Crippen molar-refractivity contribution in [1.82, 2.24) is 5.32 Å². The third-order valence-corrected chi connectivity index (χ3v) is 5.14. The van der Waals surface area contributed by atoms with Crippen molar-refractivity contribution in [2.75, 3.05) is 19.0 Å². The van der Waals surface area contributed by atoms with Crippen LogP contribution in [0.25, 0.3) is 0 Å². The molecule has 2 fully saturated rings. The lowest BCUT2D eigenvalue weighted by Gasteiger charge is -2.31. The first-order valence-electron chi connectivity index (χ1n) is 7.29. The minimum Gasteiger partial charge on any atom is -0.381 e. The number of hydrogen-bond acceptors (Lipinski definition) is 3. The van der Waals surface area contributed by atoms with Crippen molar-refractivity contribution in [2.24, 2.45) is 5.92 Å². The van der Waals surface area contributed by atoms with E-state index in [-0.39, 0.29) is 11.8 Å². The van der Waals surface area contributed by atoms with Crippen LogP contribution in [0.5, 0.6) is 0 Å². The molecule has 3 atom stereocenters. The number of carbonyl (C=O) groups is 1. The molecule has 1 saturated heterocycles. The van der Waals surface area contributed by atoms with Crippen molar-refractivity contribution in [3.8, 4) is 0 Å². The topological polar surface area (TPSA) is 38.3 Å². The van der Waals surface area contributed by atoms with E-state index in [1.807, 2.05) is 11.8 Å². The summed E-state index contributed by atoms with van der Waals surface area (Å²) in [6, 6.07) is 0.400. The minimum atomic E-state index is 0.0953. The number of carbonyl (C=O) groups excluding carboxylic acids is 1. The zero-order chi connectivity index (χ0) is 12.8. The fourth-order valence-electron chi connectivity index (χ4n) is 2.93. The zero-order valence-electron chi connectivity index (χ0n) is 11.3. The summed E-state index contributed by atoms with van der Waals surface area (Å²) < 4.78 is 5.39. The summed E-state index contributed by atoms with van der Waals surface area (Å²) in [5.41, 5.74) is 0. The highest BCUT2D eigenvalue weighted by Gasteiger charge is 2.27. The van der Waals surface area contributed by atoms with Crippen molar-refractivity contribution in [3.05, 3.63) is 0 Å². The van der Waals surface area contributed by atoms with Gasteiger partial charge >= 0.3 is 0 Å². The molecule has 1 N–H and O–H groups in total. The molecule has 4 heteroatoms. The number of amides is 1. The molecule has 1 aliphatic carbocycles. The van der Waals surface area contributed by atoms with Gasteiger partial charge in [-0.1, -0.05) is 13.3 Å². The van der Waals surface area contributed by atoms with Crippen LogP contribution in [0.15, 0.2) is 0 Å². The Labute approximate surface area is 114 Å². The molecule has 0 aromatic rings. The first-order chi connectivity index (χ1) is 8.79. The number of ether oxygens (including phenoxy) is 1. The summed E-state index contributed by atoms with van der Waals surface area (Å²) >= 11 is 2.04. The van der Waals surface area contributed by atoms with E-state index in [1.165, 1.54) is 18.6 Å². The van der Waals surface area contributed by atoms with E-state index in [0.29, 0.717) is 12.6 Å². The molecular weight excluding hydrogens is 246 g/mol. The van der Waals surface area contributed by atoms with Crippen LogP contribution in [0.3, 0.4) is 0 Å². The molecule has 0 aromatic heterocycles. The van der Waals surface area contributed by atoms with Crippen LogP contribution in [-0.2, 0) is 9.53 Å². The van der Waals surface area contributed by atoms with Gasteiger partial charge in [0.15, 0.2) is 0 Å². The van der Waals surface area contributed by atoms with E-state index < -0.39 is 0 Å². The van der Waals surface area contributed by atoms with Gasteiger partial charge in [-0.05, 0) is 37.9 Å². The number of nitrogens with one attached hydrogen (secondary N) is 1. The van der Waals surface area contributed by atoms with Crippen molar-refractivity contribution < 1.29 is 9.53 Å². The van der Waals surface area contributed by atoms with Crippen LogP contribution in [0.4, 0.5) is 0 Å². The Morgan fingerprint density at radius 1 is 1.33 bits per heavy atom. The van der Waals surface area contributed by atoms with Crippen molar-refractivity contribution in [2.45, 2.75) is 56.7 Å². The van der Waals surface area contributed by atoms with Gasteiger partial charge in [-0.2, -0.15) is 11.8 Å². The highest BCUT2D eigenvalue weighted by molar-refractivity contribution is 7.99. The van der Waals surface area contributed by atoms with Crippen LogP contribution in [0, 0.1) is 5.92 Å². The Morgan fingerprint density at radius 3 is 2.94 bits per heavy atom. The summed E-state index contributed by atoms with van der Waals surface area (Å²) in [5.74, 6) is 1.50. The lowest BCUT2D eigenvalue weighted by Crippen LogP contribution is -2.44. The third-order valence-electron chi connectivity index (χ3n) is 3.91. The van der Waals surface area contributed by atoms with Gasteiger partial charge in [0.05, 0.1) is 12.5 Å². The third kappa shape index (κ3) is 4.16. The Hall–Kier alpha value is -0.220. The quantitative estimate of drug-likeness (QED) is 0.854. The normalized spacial score (nSPS) is 33.1. The van der Waals surface area contributed by atoms with Gasteiger partial charge in [-0.25, -0.2) is 0 Å².